The Morgan fingerprint density at radius 1 is 1.10 bits per heavy atom. The van der Waals surface area contributed by atoms with Gasteiger partial charge in [0.05, 0.1) is 5.25 Å². The summed E-state index contributed by atoms with van der Waals surface area (Å²) in [7, 11) is 0. The second-order valence-corrected chi connectivity index (χ2v) is 7.29. The number of thioether (sulfide) groups is 1. The molecule has 2 aromatic rings. The molecule has 0 aromatic carbocycles. The molecule has 3 nitrogen and oxygen atoms in total. The van der Waals surface area contributed by atoms with Crippen LogP contribution in [0.5, 0.6) is 0 Å². The molecule has 4 heteroatoms. The highest BCUT2D eigenvalue weighted by Gasteiger charge is 2.28. The SMILES string of the molecule is c1cnc2c(c1)nc(C1CCCS1)n2C1CCCCC1. The van der Waals surface area contributed by atoms with E-state index >= 15 is 0 Å². The molecule has 1 atom stereocenters. The van der Waals surface area contributed by atoms with Crippen LogP contribution in [0.2, 0.25) is 0 Å². The molecule has 20 heavy (non-hydrogen) atoms. The van der Waals surface area contributed by atoms with Gasteiger partial charge in [-0.2, -0.15) is 11.8 Å². The van der Waals surface area contributed by atoms with Crippen molar-refractivity contribution < 1.29 is 0 Å². The van der Waals surface area contributed by atoms with Crippen LogP contribution in [-0.2, 0) is 0 Å². The summed E-state index contributed by atoms with van der Waals surface area (Å²) in [6.07, 6.45) is 11.2. The molecule has 1 unspecified atom stereocenters. The van der Waals surface area contributed by atoms with Gasteiger partial charge in [0.2, 0.25) is 0 Å². The fraction of sp³-hybridized carbons (Fsp3) is 0.625. The van der Waals surface area contributed by atoms with Gasteiger partial charge >= 0.3 is 0 Å². The standard InChI is InChI=1S/C16H21N3S/c1-2-6-12(7-3-1)19-15-13(8-4-10-17-15)18-16(19)14-9-5-11-20-14/h4,8,10,12,14H,1-3,5-7,9,11H2. The molecule has 1 saturated heterocycles. The molecule has 1 aliphatic carbocycles. The van der Waals surface area contributed by atoms with Crippen LogP contribution in [0.1, 0.15) is 62.1 Å². The third kappa shape index (κ3) is 2.14. The van der Waals surface area contributed by atoms with Crippen molar-refractivity contribution in [2.45, 2.75) is 56.2 Å². The monoisotopic (exact) mass is 287 g/mol. The minimum atomic E-state index is 0.589. The number of pyridine rings is 1. The van der Waals surface area contributed by atoms with Crippen LogP contribution >= 0.6 is 11.8 Å². The van der Waals surface area contributed by atoms with Crippen molar-refractivity contribution in [3.05, 3.63) is 24.2 Å². The Morgan fingerprint density at radius 3 is 2.80 bits per heavy atom. The molecule has 0 amide bonds. The fourth-order valence-corrected chi connectivity index (χ4v) is 4.92. The highest BCUT2D eigenvalue weighted by atomic mass is 32.2. The van der Waals surface area contributed by atoms with Crippen molar-refractivity contribution in [1.29, 1.82) is 0 Å². The van der Waals surface area contributed by atoms with Crippen molar-refractivity contribution in [2.75, 3.05) is 5.75 Å². The van der Waals surface area contributed by atoms with Gasteiger partial charge in [-0.05, 0) is 43.6 Å². The van der Waals surface area contributed by atoms with Crippen LogP contribution < -0.4 is 0 Å². The summed E-state index contributed by atoms with van der Waals surface area (Å²) in [6, 6.07) is 4.75. The van der Waals surface area contributed by atoms with Gasteiger partial charge < -0.3 is 4.57 Å². The number of imidazole rings is 1. The van der Waals surface area contributed by atoms with Crippen LogP contribution in [0.15, 0.2) is 18.3 Å². The van der Waals surface area contributed by atoms with Crippen molar-refractivity contribution in [3.8, 4) is 0 Å². The average Bonchev–Trinajstić information content (AvgIpc) is 3.15. The zero-order chi connectivity index (χ0) is 13.4. The molecule has 4 rings (SSSR count). The van der Waals surface area contributed by atoms with Gasteiger partial charge in [-0.3, -0.25) is 0 Å². The third-order valence-electron chi connectivity index (χ3n) is 4.63. The Kier molecular flexibility index (Phi) is 3.42. The van der Waals surface area contributed by atoms with Gasteiger partial charge in [0.1, 0.15) is 11.3 Å². The molecule has 1 saturated carbocycles. The maximum atomic E-state index is 4.95. The van der Waals surface area contributed by atoms with E-state index in [1.165, 1.54) is 56.5 Å². The second kappa shape index (κ2) is 5.40. The van der Waals surface area contributed by atoms with Crippen LogP contribution in [0.25, 0.3) is 11.2 Å². The summed E-state index contributed by atoms with van der Waals surface area (Å²) >= 11 is 2.08. The fourth-order valence-electron chi connectivity index (χ4n) is 3.65. The number of rotatable bonds is 2. The lowest BCUT2D eigenvalue weighted by atomic mass is 9.95. The Bertz CT molecular complexity index is 595. The molecular weight excluding hydrogens is 266 g/mol. The zero-order valence-electron chi connectivity index (χ0n) is 11.8. The first-order valence-electron chi connectivity index (χ1n) is 7.88. The molecule has 0 N–H and O–H groups in total. The van der Waals surface area contributed by atoms with E-state index in [0.717, 1.165) is 11.2 Å². The molecule has 2 aliphatic rings. The Hall–Kier alpha value is -1.03. The van der Waals surface area contributed by atoms with E-state index in [9.17, 15) is 0 Å². The summed E-state index contributed by atoms with van der Waals surface area (Å²) < 4.78 is 2.50. The largest absolute Gasteiger partial charge is 0.309 e. The summed E-state index contributed by atoms with van der Waals surface area (Å²) in [6.45, 7) is 0. The van der Waals surface area contributed by atoms with Crippen molar-refractivity contribution >= 4 is 22.9 Å². The van der Waals surface area contributed by atoms with E-state index in [1.807, 2.05) is 12.3 Å². The quantitative estimate of drug-likeness (QED) is 0.814. The zero-order valence-corrected chi connectivity index (χ0v) is 12.6. The number of hydrogen-bond acceptors (Lipinski definition) is 3. The summed E-state index contributed by atoms with van der Waals surface area (Å²) in [5, 5.41) is 0.589. The average molecular weight is 287 g/mol. The maximum Gasteiger partial charge on any atom is 0.160 e. The molecule has 2 fully saturated rings. The Balaban J connectivity index is 1.83. The minimum Gasteiger partial charge on any atom is -0.309 e. The van der Waals surface area contributed by atoms with E-state index in [2.05, 4.69) is 27.4 Å². The van der Waals surface area contributed by atoms with Crippen LogP contribution in [0.3, 0.4) is 0 Å². The summed E-state index contributed by atoms with van der Waals surface area (Å²) in [4.78, 5) is 9.59. The van der Waals surface area contributed by atoms with Crippen molar-refractivity contribution in [1.82, 2.24) is 14.5 Å². The molecular formula is C16H21N3S. The molecule has 0 radical (unpaired) electrons. The Labute approximate surface area is 124 Å². The van der Waals surface area contributed by atoms with Gasteiger partial charge in [-0.15, -0.1) is 0 Å². The third-order valence-corrected chi connectivity index (χ3v) is 6.01. The van der Waals surface area contributed by atoms with Crippen molar-refractivity contribution in [2.24, 2.45) is 0 Å². The van der Waals surface area contributed by atoms with Gasteiger partial charge in [0.25, 0.3) is 0 Å². The molecule has 1 aliphatic heterocycles. The lowest BCUT2D eigenvalue weighted by Gasteiger charge is -2.26. The lowest BCUT2D eigenvalue weighted by molar-refractivity contribution is 0.350. The van der Waals surface area contributed by atoms with Gasteiger partial charge in [-0.25, -0.2) is 9.97 Å². The lowest BCUT2D eigenvalue weighted by Crippen LogP contribution is -2.16. The predicted octanol–water partition coefficient (Wildman–Crippen LogP) is 4.50. The highest BCUT2D eigenvalue weighted by molar-refractivity contribution is 7.99. The molecule has 3 heterocycles. The number of hydrogen-bond donors (Lipinski definition) is 0. The van der Waals surface area contributed by atoms with Gasteiger partial charge in [0.15, 0.2) is 5.65 Å². The van der Waals surface area contributed by atoms with E-state index in [1.54, 1.807) is 0 Å². The molecule has 0 spiro atoms. The topological polar surface area (TPSA) is 30.7 Å². The van der Waals surface area contributed by atoms with Gasteiger partial charge in [-0.1, -0.05) is 19.3 Å². The normalized spacial score (nSPS) is 24.5. The minimum absolute atomic E-state index is 0.589. The highest BCUT2D eigenvalue weighted by Crippen LogP contribution is 2.42. The van der Waals surface area contributed by atoms with Crippen LogP contribution in [0, 0.1) is 0 Å². The first kappa shape index (κ1) is 12.7. The molecule has 2 aromatic heterocycles. The Morgan fingerprint density at radius 2 is 2.00 bits per heavy atom. The maximum absolute atomic E-state index is 4.95. The van der Waals surface area contributed by atoms with E-state index < -0.39 is 0 Å². The van der Waals surface area contributed by atoms with Crippen LogP contribution in [-0.4, -0.2) is 20.3 Å². The smallest absolute Gasteiger partial charge is 0.160 e. The number of fused-ring (bicyclic) bond motifs is 1. The molecule has 106 valence electrons. The molecule has 0 bridgehead atoms. The van der Waals surface area contributed by atoms with Gasteiger partial charge in [0, 0.05) is 12.2 Å². The van der Waals surface area contributed by atoms with E-state index in [0.29, 0.717) is 11.3 Å². The first-order chi connectivity index (χ1) is 9.93. The summed E-state index contributed by atoms with van der Waals surface area (Å²) in [5.41, 5.74) is 2.20. The van der Waals surface area contributed by atoms with E-state index in [4.69, 9.17) is 4.98 Å². The second-order valence-electron chi connectivity index (χ2n) is 5.98. The predicted molar refractivity (Wildman–Crippen MR) is 84.1 cm³/mol. The van der Waals surface area contributed by atoms with E-state index in [-0.39, 0.29) is 0 Å². The number of aromatic nitrogens is 3. The summed E-state index contributed by atoms with van der Waals surface area (Å²) in [5.74, 6) is 2.58. The van der Waals surface area contributed by atoms with Crippen molar-refractivity contribution in [3.63, 3.8) is 0 Å². The number of nitrogens with zero attached hydrogens (tertiary/aromatic N) is 3. The van der Waals surface area contributed by atoms with Crippen LogP contribution in [0.4, 0.5) is 0 Å². The first-order valence-corrected chi connectivity index (χ1v) is 8.93.